The van der Waals surface area contributed by atoms with E-state index < -0.39 is 0 Å². The molecule has 2 atom stereocenters. The molecule has 4 nitrogen and oxygen atoms in total. The van der Waals surface area contributed by atoms with E-state index in [2.05, 4.69) is 25.0 Å². The van der Waals surface area contributed by atoms with Crippen LogP contribution in [0.4, 0.5) is 0 Å². The number of hydrogen-bond acceptors (Lipinski definition) is 3. The molecule has 1 aliphatic carbocycles. The van der Waals surface area contributed by atoms with Gasteiger partial charge in [-0.25, -0.2) is 0 Å². The number of nitrogens with zero attached hydrogens (tertiary/aromatic N) is 2. The summed E-state index contributed by atoms with van der Waals surface area (Å²) in [4.78, 5) is 12.2. The Morgan fingerprint density at radius 2 is 2.28 bits per heavy atom. The third-order valence-corrected chi connectivity index (χ3v) is 3.86. The fourth-order valence-corrected chi connectivity index (χ4v) is 2.74. The number of Topliss-reactive ketones (excluding diaryl/α,β-unsaturated/α-hetero) is 1. The minimum absolute atomic E-state index is 0.172. The lowest BCUT2D eigenvalue weighted by Gasteiger charge is -2.09. The Labute approximate surface area is 109 Å². The summed E-state index contributed by atoms with van der Waals surface area (Å²) in [5, 5.41) is 4.48. The second-order valence-electron chi connectivity index (χ2n) is 5.21. The van der Waals surface area contributed by atoms with Gasteiger partial charge < -0.3 is 5.73 Å². The molecule has 2 unspecified atom stereocenters. The Bertz CT molecular complexity index is 425. The van der Waals surface area contributed by atoms with Gasteiger partial charge in [-0.15, -0.1) is 0 Å². The second kappa shape index (κ2) is 5.65. The van der Waals surface area contributed by atoms with Gasteiger partial charge in [0, 0.05) is 30.6 Å². The molecule has 1 aliphatic rings. The van der Waals surface area contributed by atoms with Crippen LogP contribution in [0.15, 0.2) is 6.07 Å². The first kappa shape index (κ1) is 13.3. The molecule has 1 fully saturated rings. The van der Waals surface area contributed by atoms with Crippen molar-refractivity contribution in [2.45, 2.75) is 58.5 Å². The number of carbonyl (C=O) groups excluding carboxylic acids is 1. The maximum atomic E-state index is 12.2. The van der Waals surface area contributed by atoms with Gasteiger partial charge in [-0.1, -0.05) is 6.92 Å². The van der Waals surface area contributed by atoms with Crippen LogP contribution in [0, 0.1) is 5.92 Å². The first-order valence-electron chi connectivity index (χ1n) is 6.97. The molecule has 0 aromatic carbocycles. The number of aromatic nitrogens is 2. The zero-order chi connectivity index (χ0) is 13.1. The Hall–Kier alpha value is -1.16. The van der Waals surface area contributed by atoms with Gasteiger partial charge in [0.15, 0.2) is 0 Å². The standard InChI is InChI=1S/C14H23N3O/c1-3-12-8-13(17(4-2)16-12)9-14(18)10-5-6-11(15)7-10/h8,10-11H,3-7,9,15H2,1-2H3. The van der Waals surface area contributed by atoms with Crippen molar-refractivity contribution < 1.29 is 4.79 Å². The van der Waals surface area contributed by atoms with E-state index >= 15 is 0 Å². The number of carbonyl (C=O) groups is 1. The molecule has 1 aromatic rings. The molecular weight excluding hydrogens is 226 g/mol. The van der Waals surface area contributed by atoms with Gasteiger partial charge in [-0.3, -0.25) is 9.48 Å². The second-order valence-corrected chi connectivity index (χ2v) is 5.21. The molecule has 100 valence electrons. The van der Waals surface area contributed by atoms with Crippen molar-refractivity contribution in [2.75, 3.05) is 0 Å². The van der Waals surface area contributed by atoms with Crippen LogP contribution in [0.5, 0.6) is 0 Å². The van der Waals surface area contributed by atoms with Crippen LogP contribution in [-0.4, -0.2) is 21.6 Å². The molecule has 2 N–H and O–H groups in total. The highest BCUT2D eigenvalue weighted by Gasteiger charge is 2.28. The van der Waals surface area contributed by atoms with Crippen LogP contribution in [0.25, 0.3) is 0 Å². The molecule has 0 aliphatic heterocycles. The van der Waals surface area contributed by atoms with E-state index in [1.165, 1.54) is 0 Å². The lowest BCUT2D eigenvalue weighted by molar-refractivity contribution is -0.122. The summed E-state index contributed by atoms with van der Waals surface area (Å²) < 4.78 is 1.95. The van der Waals surface area contributed by atoms with E-state index in [1.54, 1.807) is 0 Å². The minimum atomic E-state index is 0.172. The lowest BCUT2D eigenvalue weighted by Crippen LogP contribution is -2.20. The topological polar surface area (TPSA) is 60.9 Å². The molecule has 1 heterocycles. The zero-order valence-electron chi connectivity index (χ0n) is 11.4. The molecule has 0 spiro atoms. The largest absolute Gasteiger partial charge is 0.328 e. The highest BCUT2D eigenvalue weighted by molar-refractivity contribution is 5.83. The summed E-state index contributed by atoms with van der Waals surface area (Å²) in [6.07, 6.45) is 4.24. The predicted octanol–water partition coefficient (Wildman–Crippen LogP) is 1.70. The average molecular weight is 249 g/mol. The van der Waals surface area contributed by atoms with Crippen molar-refractivity contribution in [3.8, 4) is 0 Å². The van der Waals surface area contributed by atoms with Crippen LogP contribution in [0.1, 0.15) is 44.5 Å². The third kappa shape index (κ3) is 2.80. The molecule has 1 aromatic heterocycles. The Morgan fingerprint density at radius 3 is 2.83 bits per heavy atom. The van der Waals surface area contributed by atoms with Gasteiger partial charge in [0.05, 0.1) is 5.69 Å². The summed E-state index contributed by atoms with van der Waals surface area (Å²) >= 11 is 0. The number of ketones is 1. The average Bonchev–Trinajstić information content (AvgIpc) is 2.95. The summed E-state index contributed by atoms with van der Waals surface area (Å²) in [5.41, 5.74) is 8.00. The summed E-state index contributed by atoms with van der Waals surface area (Å²) in [7, 11) is 0. The Morgan fingerprint density at radius 1 is 1.50 bits per heavy atom. The molecule has 0 saturated heterocycles. The van der Waals surface area contributed by atoms with Gasteiger partial charge >= 0.3 is 0 Å². The van der Waals surface area contributed by atoms with E-state index in [4.69, 9.17) is 5.73 Å². The molecule has 1 saturated carbocycles. The molecule has 18 heavy (non-hydrogen) atoms. The molecule has 0 bridgehead atoms. The molecule has 4 heteroatoms. The summed E-state index contributed by atoms with van der Waals surface area (Å²) in [6, 6.07) is 2.29. The van der Waals surface area contributed by atoms with Crippen molar-refractivity contribution in [1.82, 2.24) is 9.78 Å². The summed E-state index contributed by atoms with van der Waals surface area (Å²) in [6.45, 7) is 4.97. The first-order chi connectivity index (χ1) is 8.63. The van der Waals surface area contributed by atoms with E-state index in [0.717, 1.165) is 43.6 Å². The smallest absolute Gasteiger partial charge is 0.141 e. The molecule has 0 amide bonds. The Kier molecular flexibility index (Phi) is 4.17. The SMILES string of the molecule is CCc1cc(CC(=O)C2CCC(N)C2)n(CC)n1. The third-order valence-electron chi connectivity index (χ3n) is 3.86. The molecular formula is C14H23N3O. The van der Waals surface area contributed by atoms with Crippen LogP contribution >= 0.6 is 0 Å². The van der Waals surface area contributed by atoms with Crippen molar-refractivity contribution in [2.24, 2.45) is 11.7 Å². The van der Waals surface area contributed by atoms with Crippen LogP contribution < -0.4 is 5.73 Å². The van der Waals surface area contributed by atoms with Gasteiger partial charge in [0.2, 0.25) is 0 Å². The van der Waals surface area contributed by atoms with E-state index in [-0.39, 0.29) is 12.0 Å². The summed E-state index contributed by atoms with van der Waals surface area (Å²) in [5.74, 6) is 0.505. The molecule has 0 radical (unpaired) electrons. The maximum Gasteiger partial charge on any atom is 0.141 e. The fourth-order valence-electron chi connectivity index (χ4n) is 2.74. The van der Waals surface area contributed by atoms with Gasteiger partial charge in [0.25, 0.3) is 0 Å². The van der Waals surface area contributed by atoms with Crippen LogP contribution in [0.3, 0.4) is 0 Å². The highest BCUT2D eigenvalue weighted by Crippen LogP contribution is 2.26. The fraction of sp³-hybridized carbons (Fsp3) is 0.714. The first-order valence-corrected chi connectivity index (χ1v) is 6.97. The van der Waals surface area contributed by atoms with Crippen LogP contribution in [-0.2, 0) is 24.2 Å². The predicted molar refractivity (Wildman–Crippen MR) is 71.3 cm³/mol. The Balaban J connectivity index is 2.04. The number of aryl methyl sites for hydroxylation is 2. The minimum Gasteiger partial charge on any atom is -0.328 e. The molecule has 2 rings (SSSR count). The van der Waals surface area contributed by atoms with Crippen molar-refractivity contribution >= 4 is 5.78 Å². The highest BCUT2D eigenvalue weighted by atomic mass is 16.1. The van der Waals surface area contributed by atoms with E-state index in [9.17, 15) is 4.79 Å². The monoisotopic (exact) mass is 249 g/mol. The lowest BCUT2D eigenvalue weighted by atomic mass is 9.98. The zero-order valence-corrected chi connectivity index (χ0v) is 11.4. The van der Waals surface area contributed by atoms with Crippen LogP contribution in [0.2, 0.25) is 0 Å². The van der Waals surface area contributed by atoms with Crippen molar-refractivity contribution in [3.63, 3.8) is 0 Å². The van der Waals surface area contributed by atoms with Gasteiger partial charge in [-0.2, -0.15) is 5.10 Å². The number of hydrogen-bond donors (Lipinski definition) is 1. The van der Waals surface area contributed by atoms with Crippen molar-refractivity contribution in [3.05, 3.63) is 17.5 Å². The van der Waals surface area contributed by atoms with E-state index in [1.807, 2.05) is 4.68 Å². The number of rotatable bonds is 5. The quantitative estimate of drug-likeness (QED) is 0.864. The van der Waals surface area contributed by atoms with Crippen molar-refractivity contribution in [1.29, 1.82) is 0 Å². The van der Waals surface area contributed by atoms with E-state index in [0.29, 0.717) is 12.2 Å². The van der Waals surface area contributed by atoms with Gasteiger partial charge in [0.1, 0.15) is 5.78 Å². The normalized spacial score (nSPS) is 23.5. The van der Waals surface area contributed by atoms with Gasteiger partial charge in [-0.05, 0) is 38.7 Å². The maximum absolute atomic E-state index is 12.2. The number of nitrogens with two attached hydrogens (primary N) is 1.